The van der Waals surface area contributed by atoms with Crippen molar-refractivity contribution in [3.63, 3.8) is 0 Å². The molecule has 4 rings (SSSR count). The van der Waals surface area contributed by atoms with Crippen molar-refractivity contribution in [3.05, 3.63) is 51.6 Å². The van der Waals surface area contributed by atoms with Crippen LogP contribution in [0.2, 0.25) is 0 Å². The molecule has 1 fully saturated rings. The fraction of sp³-hybridized carbons (Fsp3) is 0.364. The molecule has 2 aliphatic rings. The number of nitrogens with one attached hydrogen (secondary N) is 1. The number of hydrogen-bond acceptors (Lipinski definition) is 8. The van der Waals surface area contributed by atoms with E-state index in [2.05, 4.69) is 5.32 Å². The van der Waals surface area contributed by atoms with Crippen molar-refractivity contribution in [3.8, 4) is 11.5 Å². The molecule has 0 spiro atoms. The number of hydrogen-bond donors (Lipinski definition) is 1. The van der Waals surface area contributed by atoms with E-state index in [9.17, 15) is 32.9 Å². The van der Waals surface area contributed by atoms with Crippen LogP contribution in [0.1, 0.15) is 22.8 Å². The van der Waals surface area contributed by atoms with Crippen LogP contribution >= 0.6 is 0 Å². The van der Waals surface area contributed by atoms with Crippen molar-refractivity contribution >= 4 is 28.8 Å². The molecular formula is C22H21F3N4O6. The predicted octanol–water partition coefficient (Wildman–Crippen LogP) is 3.31. The summed E-state index contributed by atoms with van der Waals surface area (Å²) in [5.41, 5.74) is -1.03. The summed E-state index contributed by atoms with van der Waals surface area (Å²) in [6.45, 7) is 2.65. The summed E-state index contributed by atoms with van der Waals surface area (Å²) in [6, 6.07) is 5.49. The first-order valence-corrected chi connectivity index (χ1v) is 10.6. The maximum absolute atomic E-state index is 13.0. The lowest BCUT2D eigenvalue weighted by Crippen LogP contribution is -2.48. The van der Waals surface area contributed by atoms with Gasteiger partial charge in [-0.2, -0.15) is 13.2 Å². The molecule has 35 heavy (non-hydrogen) atoms. The number of nitro groups is 1. The Balaban J connectivity index is 1.39. The number of alkyl halides is 3. The van der Waals surface area contributed by atoms with Crippen molar-refractivity contribution in [2.24, 2.45) is 0 Å². The van der Waals surface area contributed by atoms with Gasteiger partial charge in [0.25, 0.3) is 5.69 Å². The van der Waals surface area contributed by atoms with Gasteiger partial charge in [0.1, 0.15) is 5.69 Å². The van der Waals surface area contributed by atoms with Crippen molar-refractivity contribution in [2.75, 3.05) is 49.7 Å². The topological polar surface area (TPSA) is 114 Å². The van der Waals surface area contributed by atoms with Crippen LogP contribution in [-0.4, -0.2) is 61.0 Å². The minimum atomic E-state index is -4.68. The normalized spacial score (nSPS) is 15.7. The van der Waals surface area contributed by atoms with Crippen LogP contribution in [0.4, 0.5) is 30.2 Å². The maximum Gasteiger partial charge on any atom is 0.416 e. The van der Waals surface area contributed by atoms with Gasteiger partial charge in [-0.25, -0.2) is 0 Å². The zero-order valence-electron chi connectivity index (χ0n) is 18.6. The zero-order valence-corrected chi connectivity index (χ0v) is 18.6. The fourth-order valence-corrected chi connectivity index (χ4v) is 3.99. The summed E-state index contributed by atoms with van der Waals surface area (Å²) >= 11 is 0. The SMILES string of the molecule is CC(=O)c1cc2c(cc1NC(=O)CN1CCN(c3ccc(C(F)(F)F)cc3[N+](=O)[O-])CC1)OCO2. The molecule has 13 heteroatoms. The number of nitrogens with zero attached hydrogens (tertiary/aromatic N) is 3. The molecule has 2 aromatic carbocycles. The quantitative estimate of drug-likeness (QED) is 0.370. The summed E-state index contributed by atoms with van der Waals surface area (Å²) in [7, 11) is 0. The number of Topliss-reactive ketones (excluding diaryl/α,β-unsaturated/α-hetero) is 1. The van der Waals surface area contributed by atoms with Gasteiger partial charge < -0.3 is 19.7 Å². The third-order valence-electron chi connectivity index (χ3n) is 5.75. The number of halogens is 3. The Morgan fingerprint density at radius 1 is 1.09 bits per heavy atom. The Bertz CT molecular complexity index is 1180. The highest BCUT2D eigenvalue weighted by molar-refractivity contribution is 6.05. The molecule has 0 aromatic heterocycles. The van der Waals surface area contributed by atoms with E-state index < -0.39 is 22.4 Å². The number of carbonyl (C=O) groups is 2. The molecule has 0 unspecified atom stereocenters. The molecule has 1 saturated heterocycles. The highest BCUT2D eigenvalue weighted by Gasteiger charge is 2.34. The maximum atomic E-state index is 13.0. The lowest BCUT2D eigenvalue weighted by atomic mass is 10.1. The monoisotopic (exact) mass is 494 g/mol. The molecule has 0 bridgehead atoms. The van der Waals surface area contributed by atoms with Gasteiger partial charge in [-0.05, 0) is 25.1 Å². The smallest absolute Gasteiger partial charge is 0.416 e. The van der Waals surface area contributed by atoms with Crippen molar-refractivity contribution < 1.29 is 37.2 Å². The predicted molar refractivity (Wildman–Crippen MR) is 118 cm³/mol. The van der Waals surface area contributed by atoms with Gasteiger partial charge in [0, 0.05) is 43.9 Å². The zero-order chi connectivity index (χ0) is 25.3. The van der Waals surface area contributed by atoms with Crippen LogP contribution in [0.3, 0.4) is 0 Å². The first kappa shape index (κ1) is 24.3. The number of carbonyl (C=O) groups excluding carboxylic acids is 2. The van der Waals surface area contributed by atoms with Gasteiger partial charge in [-0.1, -0.05) is 0 Å². The van der Waals surface area contributed by atoms with Crippen molar-refractivity contribution in [1.29, 1.82) is 0 Å². The van der Waals surface area contributed by atoms with E-state index >= 15 is 0 Å². The number of nitro benzene ring substituents is 1. The van der Waals surface area contributed by atoms with Crippen LogP contribution in [0.5, 0.6) is 11.5 Å². The van der Waals surface area contributed by atoms with Crippen LogP contribution in [0.15, 0.2) is 30.3 Å². The Morgan fingerprint density at radius 2 is 1.74 bits per heavy atom. The second-order valence-corrected chi connectivity index (χ2v) is 8.08. The second kappa shape index (κ2) is 9.41. The number of ether oxygens (including phenoxy) is 2. The average Bonchev–Trinajstić information content (AvgIpc) is 3.25. The third kappa shape index (κ3) is 5.29. The summed E-state index contributed by atoms with van der Waals surface area (Å²) < 4.78 is 49.4. The van der Waals surface area contributed by atoms with Gasteiger partial charge in [-0.15, -0.1) is 0 Å². The second-order valence-electron chi connectivity index (χ2n) is 8.08. The van der Waals surface area contributed by atoms with Gasteiger partial charge in [0.2, 0.25) is 12.7 Å². The summed E-state index contributed by atoms with van der Waals surface area (Å²) in [6.07, 6.45) is -4.68. The Kier molecular flexibility index (Phi) is 6.52. The van der Waals surface area contributed by atoms with Gasteiger partial charge in [0.15, 0.2) is 17.3 Å². The van der Waals surface area contributed by atoms with Gasteiger partial charge >= 0.3 is 6.18 Å². The molecular weight excluding hydrogens is 473 g/mol. The molecule has 2 aliphatic heterocycles. The molecule has 2 aromatic rings. The first-order chi connectivity index (χ1) is 16.5. The molecule has 1 amide bonds. The van der Waals surface area contributed by atoms with Crippen LogP contribution < -0.4 is 19.7 Å². The number of fused-ring (bicyclic) bond motifs is 1. The van der Waals surface area contributed by atoms with Gasteiger partial charge in [0.05, 0.1) is 22.7 Å². The summed E-state index contributed by atoms with van der Waals surface area (Å²) in [4.78, 5) is 38.6. The van der Waals surface area contributed by atoms with E-state index in [1.807, 2.05) is 4.90 Å². The third-order valence-corrected chi connectivity index (χ3v) is 5.75. The number of piperazine rings is 1. The average molecular weight is 494 g/mol. The van der Waals surface area contributed by atoms with Crippen LogP contribution in [0, 0.1) is 10.1 Å². The highest BCUT2D eigenvalue weighted by Crippen LogP contribution is 2.38. The van der Waals surface area contributed by atoms with Crippen LogP contribution in [-0.2, 0) is 11.0 Å². The molecule has 0 saturated carbocycles. The summed E-state index contributed by atoms with van der Waals surface area (Å²) in [5.74, 6) is 0.199. The minimum Gasteiger partial charge on any atom is -0.454 e. The fourth-order valence-electron chi connectivity index (χ4n) is 3.99. The van der Waals surface area contributed by atoms with Crippen LogP contribution in [0.25, 0.3) is 0 Å². The lowest BCUT2D eigenvalue weighted by molar-refractivity contribution is -0.384. The Labute approximate surface area is 197 Å². The molecule has 0 aliphatic carbocycles. The molecule has 10 nitrogen and oxygen atoms in total. The molecule has 2 heterocycles. The van der Waals surface area contributed by atoms with E-state index in [1.165, 1.54) is 19.1 Å². The number of anilines is 2. The van der Waals surface area contributed by atoms with E-state index in [0.717, 1.165) is 12.1 Å². The van der Waals surface area contributed by atoms with E-state index in [4.69, 9.17) is 9.47 Å². The number of amides is 1. The molecule has 0 radical (unpaired) electrons. The van der Waals surface area contributed by atoms with E-state index in [-0.39, 0.29) is 49.4 Å². The largest absolute Gasteiger partial charge is 0.454 e. The number of ketones is 1. The molecule has 186 valence electrons. The first-order valence-electron chi connectivity index (χ1n) is 10.6. The van der Waals surface area contributed by atoms with Crippen molar-refractivity contribution in [2.45, 2.75) is 13.1 Å². The molecule has 0 atom stereocenters. The molecule has 1 N–H and O–H groups in total. The lowest BCUT2D eigenvalue weighted by Gasteiger charge is -2.35. The standard InChI is InChI=1S/C22H21F3N4O6/c1-13(30)15-9-19-20(35-12-34-19)10-16(15)26-21(31)11-27-4-6-28(7-5-27)17-3-2-14(22(23,24)25)8-18(17)29(32)33/h2-3,8-10H,4-7,11-12H2,1H3,(H,26,31). The Hall–Kier alpha value is -3.87. The van der Waals surface area contributed by atoms with E-state index in [0.29, 0.717) is 36.3 Å². The van der Waals surface area contributed by atoms with E-state index in [1.54, 1.807) is 4.90 Å². The number of benzene rings is 2. The van der Waals surface area contributed by atoms with Gasteiger partial charge in [-0.3, -0.25) is 24.6 Å². The Morgan fingerprint density at radius 3 is 2.34 bits per heavy atom. The number of rotatable bonds is 6. The summed E-state index contributed by atoms with van der Waals surface area (Å²) in [5, 5.41) is 14.1. The van der Waals surface area contributed by atoms with Crippen molar-refractivity contribution in [1.82, 2.24) is 4.90 Å². The minimum absolute atomic E-state index is 0.00523. The highest BCUT2D eigenvalue weighted by atomic mass is 19.4.